The number of aryl methyl sites for hydroxylation is 1. The molecule has 0 atom stereocenters. The molecule has 0 radical (unpaired) electrons. The van der Waals surface area contributed by atoms with Crippen molar-refractivity contribution in [2.24, 2.45) is 0 Å². The number of amides is 1. The smallest absolute Gasteiger partial charge is 0.255 e. The summed E-state index contributed by atoms with van der Waals surface area (Å²) in [5.74, 6) is 0.578. The van der Waals surface area contributed by atoms with Crippen LogP contribution in [0.1, 0.15) is 29.9 Å². The van der Waals surface area contributed by atoms with E-state index in [1.165, 1.54) is 0 Å². The Balaban J connectivity index is 2.35. The normalized spacial score (nSPS) is 10.5. The lowest BCUT2D eigenvalue weighted by Gasteiger charge is -2.13. The van der Waals surface area contributed by atoms with Crippen molar-refractivity contribution in [1.82, 2.24) is 15.3 Å². The fourth-order valence-corrected chi connectivity index (χ4v) is 2.42. The molecule has 0 bridgehead atoms. The van der Waals surface area contributed by atoms with E-state index in [1.807, 2.05) is 38.1 Å². The minimum absolute atomic E-state index is 0.128. The average Bonchev–Trinajstić information content (AvgIpc) is 2.58. The number of nitrogens with zero attached hydrogens (tertiary/aromatic N) is 2. The number of nitrogens with two attached hydrogens (primary N) is 1. The van der Waals surface area contributed by atoms with E-state index in [0.29, 0.717) is 49.1 Å². The van der Waals surface area contributed by atoms with Crippen molar-refractivity contribution in [3.05, 3.63) is 35.5 Å². The van der Waals surface area contributed by atoms with E-state index in [2.05, 4.69) is 15.3 Å². The molecule has 1 amide bonds. The number of ether oxygens (including phenoxy) is 2. The second-order valence-electron chi connectivity index (χ2n) is 5.32. The van der Waals surface area contributed by atoms with Gasteiger partial charge in [0.2, 0.25) is 5.95 Å². The Hall–Kier alpha value is -2.67. The standard InChI is InChI=1S/C18H24N4O3/c1-4-20-17(23)15-12(3)21-18(19)22-16(15)13-7-6-8-14(11-13)25-10-9-24-5-2/h6-8,11H,4-5,9-10H2,1-3H3,(H,20,23)(H2,19,21,22). The number of carbonyl (C=O) groups is 1. The summed E-state index contributed by atoms with van der Waals surface area (Å²) in [6, 6.07) is 7.38. The number of nitrogen functional groups attached to an aromatic ring is 1. The second-order valence-corrected chi connectivity index (χ2v) is 5.32. The first-order valence-corrected chi connectivity index (χ1v) is 8.30. The molecule has 0 aliphatic heterocycles. The number of carbonyl (C=O) groups excluding carboxylic acids is 1. The minimum Gasteiger partial charge on any atom is -0.491 e. The molecule has 1 aromatic carbocycles. The number of hydrogen-bond donors (Lipinski definition) is 2. The first-order valence-electron chi connectivity index (χ1n) is 8.30. The van der Waals surface area contributed by atoms with E-state index in [9.17, 15) is 4.79 Å². The second kappa shape index (κ2) is 8.98. The number of hydrogen-bond acceptors (Lipinski definition) is 6. The number of anilines is 1. The molecule has 134 valence electrons. The third kappa shape index (κ3) is 4.90. The average molecular weight is 344 g/mol. The molecule has 2 aromatic rings. The Morgan fingerprint density at radius 1 is 1.24 bits per heavy atom. The van der Waals surface area contributed by atoms with Crippen LogP contribution in [-0.4, -0.2) is 42.2 Å². The molecular formula is C18H24N4O3. The highest BCUT2D eigenvalue weighted by Gasteiger charge is 2.19. The van der Waals surface area contributed by atoms with Gasteiger partial charge < -0.3 is 20.5 Å². The predicted molar refractivity (Wildman–Crippen MR) is 96.6 cm³/mol. The van der Waals surface area contributed by atoms with Crippen LogP contribution in [0.5, 0.6) is 5.75 Å². The zero-order valence-electron chi connectivity index (χ0n) is 14.8. The van der Waals surface area contributed by atoms with E-state index in [4.69, 9.17) is 15.2 Å². The Bertz CT molecular complexity index is 734. The third-order valence-corrected chi connectivity index (χ3v) is 3.48. The van der Waals surface area contributed by atoms with Crippen molar-refractivity contribution < 1.29 is 14.3 Å². The lowest BCUT2D eigenvalue weighted by atomic mass is 10.0. The maximum Gasteiger partial charge on any atom is 0.255 e. The zero-order chi connectivity index (χ0) is 18.2. The first kappa shape index (κ1) is 18.7. The molecule has 0 spiro atoms. The topological polar surface area (TPSA) is 99.4 Å². The quantitative estimate of drug-likeness (QED) is 0.712. The van der Waals surface area contributed by atoms with E-state index < -0.39 is 0 Å². The Morgan fingerprint density at radius 3 is 2.76 bits per heavy atom. The molecule has 25 heavy (non-hydrogen) atoms. The highest BCUT2D eigenvalue weighted by atomic mass is 16.5. The maximum absolute atomic E-state index is 12.4. The van der Waals surface area contributed by atoms with Gasteiger partial charge in [0.1, 0.15) is 12.4 Å². The van der Waals surface area contributed by atoms with Crippen molar-refractivity contribution in [2.75, 3.05) is 32.1 Å². The van der Waals surface area contributed by atoms with Crippen LogP contribution in [0.3, 0.4) is 0 Å². The summed E-state index contributed by atoms with van der Waals surface area (Å²) >= 11 is 0. The van der Waals surface area contributed by atoms with Crippen LogP contribution in [0.4, 0.5) is 5.95 Å². The van der Waals surface area contributed by atoms with Gasteiger partial charge in [-0.1, -0.05) is 12.1 Å². The van der Waals surface area contributed by atoms with Gasteiger partial charge in [-0.25, -0.2) is 9.97 Å². The summed E-state index contributed by atoms with van der Waals surface area (Å²) in [4.78, 5) is 20.8. The molecule has 0 saturated heterocycles. The summed E-state index contributed by atoms with van der Waals surface area (Å²) in [7, 11) is 0. The molecule has 0 saturated carbocycles. The van der Waals surface area contributed by atoms with Gasteiger partial charge in [0.15, 0.2) is 0 Å². The SMILES string of the molecule is CCNC(=O)c1c(C)nc(N)nc1-c1cccc(OCCOCC)c1. The Kier molecular flexibility index (Phi) is 6.71. The third-order valence-electron chi connectivity index (χ3n) is 3.48. The summed E-state index contributed by atoms with van der Waals surface area (Å²) in [5, 5.41) is 2.79. The van der Waals surface area contributed by atoms with Crippen LogP contribution < -0.4 is 15.8 Å². The van der Waals surface area contributed by atoms with Crippen molar-refractivity contribution in [2.45, 2.75) is 20.8 Å². The fraction of sp³-hybridized carbons (Fsp3) is 0.389. The first-order chi connectivity index (χ1) is 12.1. The van der Waals surface area contributed by atoms with Gasteiger partial charge in [-0.15, -0.1) is 0 Å². The van der Waals surface area contributed by atoms with E-state index >= 15 is 0 Å². The highest BCUT2D eigenvalue weighted by Crippen LogP contribution is 2.27. The van der Waals surface area contributed by atoms with Gasteiger partial charge in [0.05, 0.1) is 23.6 Å². The van der Waals surface area contributed by atoms with Gasteiger partial charge >= 0.3 is 0 Å². The van der Waals surface area contributed by atoms with Crippen LogP contribution in [0.25, 0.3) is 11.3 Å². The molecule has 7 nitrogen and oxygen atoms in total. The number of rotatable bonds is 8. The fourth-order valence-electron chi connectivity index (χ4n) is 2.42. The monoisotopic (exact) mass is 344 g/mol. The minimum atomic E-state index is -0.224. The van der Waals surface area contributed by atoms with Gasteiger partial charge in [-0.05, 0) is 32.9 Å². The maximum atomic E-state index is 12.4. The molecule has 0 unspecified atom stereocenters. The Labute approximate surface area is 147 Å². The lowest BCUT2D eigenvalue weighted by Crippen LogP contribution is -2.25. The van der Waals surface area contributed by atoms with Crippen molar-refractivity contribution in [3.8, 4) is 17.0 Å². The predicted octanol–water partition coefficient (Wildman–Crippen LogP) is 2.20. The molecule has 3 N–H and O–H groups in total. The van der Waals surface area contributed by atoms with Crippen molar-refractivity contribution in [1.29, 1.82) is 0 Å². The number of nitrogens with one attached hydrogen (secondary N) is 1. The van der Waals surface area contributed by atoms with E-state index in [-0.39, 0.29) is 11.9 Å². The number of aromatic nitrogens is 2. The van der Waals surface area contributed by atoms with Crippen molar-refractivity contribution in [3.63, 3.8) is 0 Å². The molecule has 0 aliphatic rings. The van der Waals surface area contributed by atoms with Gasteiger partial charge in [-0.2, -0.15) is 0 Å². The Morgan fingerprint density at radius 2 is 2.04 bits per heavy atom. The van der Waals surface area contributed by atoms with Crippen molar-refractivity contribution >= 4 is 11.9 Å². The summed E-state index contributed by atoms with van der Waals surface area (Å²) in [6.07, 6.45) is 0. The number of benzene rings is 1. The van der Waals surface area contributed by atoms with Crippen LogP contribution in [0, 0.1) is 6.92 Å². The molecule has 0 aliphatic carbocycles. The van der Waals surface area contributed by atoms with E-state index in [0.717, 1.165) is 5.56 Å². The molecule has 2 rings (SSSR count). The van der Waals surface area contributed by atoms with Crippen LogP contribution >= 0.6 is 0 Å². The molecule has 7 heteroatoms. The van der Waals surface area contributed by atoms with Crippen LogP contribution in [0.2, 0.25) is 0 Å². The molecule has 1 heterocycles. The summed E-state index contributed by atoms with van der Waals surface area (Å²) in [6.45, 7) is 7.68. The largest absolute Gasteiger partial charge is 0.491 e. The zero-order valence-corrected chi connectivity index (χ0v) is 14.8. The van der Waals surface area contributed by atoms with Crippen LogP contribution in [0.15, 0.2) is 24.3 Å². The van der Waals surface area contributed by atoms with Crippen LogP contribution in [-0.2, 0) is 4.74 Å². The van der Waals surface area contributed by atoms with E-state index in [1.54, 1.807) is 6.92 Å². The highest BCUT2D eigenvalue weighted by molar-refractivity contribution is 6.01. The summed E-state index contributed by atoms with van der Waals surface area (Å²) < 4.78 is 10.9. The molecule has 1 aromatic heterocycles. The molecule has 0 fully saturated rings. The molecular weight excluding hydrogens is 320 g/mol. The van der Waals surface area contributed by atoms with Gasteiger partial charge in [-0.3, -0.25) is 4.79 Å². The lowest BCUT2D eigenvalue weighted by molar-refractivity contribution is 0.0955. The summed E-state index contributed by atoms with van der Waals surface area (Å²) in [5.41, 5.74) is 7.98. The van der Waals surface area contributed by atoms with Gasteiger partial charge in [0, 0.05) is 18.7 Å². The van der Waals surface area contributed by atoms with Gasteiger partial charge in [0.25, 0.3) is 5.91 Å².